The Morgan fingerprint density at radius 1 is 0.357 bits per heavy atom. The molecule has 0 unspecified atom stereocenters. The lowest BCUT2D eigenvalue weighted by Gasteiger charge is -2.17. The van der Waals surface area contributed by atoms with Gasteiger partial charge in [-0.3, -0.25) is 0 Å². The highest BCUT2D eigenvalue weighted by Gasteiger charge is 2.20. The van der Waals surface area contributed by atoms with E-state index in [1.54, 1.807) is 31.6 Å². The summed E-state index contributed by atoms with van der Waals surface area (Å²) in [5.41, 5.74) is 44.3. The van der Waals surface area contributed by atoms with Crippen molar-refractivity contribution < 1.29 is 34.7 Å². The third kappa shape index (κ3) is 27.9. The second-order valence-corrected chi connectivity index (χ2v) is 27.3. The monoisotopic (exact) mass is 1600 g/mol. The number of hydrogen-bond donors (Lipinski definition) is 17. The van der Waals surface area contributed by atoms with Gasteiger partial charge in [0.25, 0.3) is 0 Å². The minimum absolute atomic E-state index is 0.0232. The minimum Gasteiger partial charge on any atom is -0.495 e. The first-order chi connectivity index (χ1) is 55.4. The molecule has 115 heavy (non-hydrogen) atoms. The van der Waals surface area contributed by atoms with E-state index in [9.17, 15) is 29.9 Å². The van der Waals surface area contributed by atoms with Crippen LogP contribution < -0.4 is 71.0 Å². The summed E-state index contributed by atoms with van der Waals surface area (Å²) < 4.78 is 18.2. The van der Waals surface area contributed by atoms with Crippen LogP contribution in [0.5, 0.6) is 5.75 Å². The number of ether oxygens (including phenoxy) is 1. The molecule has 5 atom stereocenters. The van der Waals surface area contributed by atoms with E-state index in [2.05, 4.69) is 156 Å². The van der Waals surface area contributed by atoms with E-state index in [1.807, 2.05) is 64.1 Å². The summed E-state index contributed by atoms with van der Waals surface area (Å²) in [6, 6.07) is 15.6. The number of aliphatic hydroxyl groups excluding tert-OH is 5. The molecule has 0 fully saturated rings. The van der Waals surface area contributed by atoms with Crippen LogP contribution in [0.4, 0.5) is 75.0 Å². The summed E-state index contributed by atoms with van der Waals surface area (Å²) in [6.45, 7) is 19.3. The Hall–Kier alpha value is -11.6. The van der Waals surface area contributed by atoms with Crippen LogP contribution in [-0.4, -0.2) is 192 Å². The number of aromatic nitrogens is 18. The van der Waals surface area contributed by atoms with Gasteiger partial charge in [0, 0.05) is 42.0 Å². The topological polar surface area (TPSA) is 571 Å². The number of aliphatic hydroxyl groups is 5. The van der Waals surface area contributed by atoms with Crippen molar-refractivity contribution in [3.8, 4) is 5.75 Å². The van der Waals surface area contributed by atoms with Gasteiger partial charge in [-0.05, 0) is 102 Å². The zero-order valence-corrected chi connectivity index (χ0v) is 67.6. The zero-order valence-electron chi connectivity index (χ0n) is 66.9. The number of nitrogen functional groups attached to an aromatic ring is 6. The molecule has 12 rings (SSSR count). The minimum atomic E-state index is -0.483. The lowest BCUT2D eigenvalue weighted by atomic mass is 10.1. The Morgan fingerprint density at radius 3 is 1.01 bits per heavy atom. The van der Waals surface area contributed by atoms with Crippen molar-refractivity contribution in [3.05, 3.63) is 101 Å². The maximum absolute atomic E-state index is 13.1. The fraction of sp³-hybridized carbons (Fsp3) is 0.455. The number of nitrogens with zero attached hydrogens (tertiary/aromatic N) is 18. The van der Waals surface area contributed by atoms with Gasteiger partial charge in [0.15, 0.2) is 34.9 Å². The number of unbranched alkanes of at least 4 members (excludes halogenated alkanes) is 3. The van der Waals surface area contributed by atoms with Crippen molar-refractivity contribution in [2.75, 3.05) is 113 Å². The van der Waals surface area contributed by atoms with Crippen molar-refractivity contribution in [2.45, 2.75) is 182 Å². The lowest BCUT2D eigenvalue weighted by Crippen LogP contribution is -2.24. The number of pyridine rings is 6. The van der Waals surface area contributed by atoms with Crippen LogP contribution >= 0.6 is 11.6 Å². The molecule has 38 heteroatoms. The van der Waals surface area contributed by atoms with Gasteiger partial charge in [-0.15, -0.1) is 0 Å². The third-order valence-corrected chi connectivity index (χ3v) is 17.5. The highest BCUT2D eigenvalue weighted by atomic mass is 35.5. The maximum atomic E-state index is 13.1. The van der Waals surface area contributed by atoms with E-state index in [0.717, 1.165) is 120 Å². The Bertz CT molecular complexity index is 4930. The molecule has 36 nitrogen and oxygen atoms in total. The number of methoxy groups -OCH3 is 1. The Kier molecular flexibility index (Phi) is 36.6. The normalized spacial score (nSPS) is 12.3. The number of anilines is 12. The number of halogens is 2. The van der Waals surface area contributed by atoms with Crippen LogP contribution in [-0.2, 0) is 0 Å². The molecule has 12 aromatic rings. The molecule has 12 heterocycles. The molecular weight excluding hydrogens is 1500 g/mol. The molecule has 23 N–H and O–H groups in total. The highest BCUT2D eigenvalue weighted by Crippen LogP contribution is 2.29. The summed E-state index contributed by atoms with van der Waals surface area (Å²) in [6.07, 6.45) is 17.8. The summed E-state index contributed by atoms with van der Waals surface area (Å²) in [4.78, 5) is 75.6. The molecule has 0 aliphatic rings. The number of nitrogens with one attached hydrogen (secondary N) is 6. The number of aryl methyl sites for hydroxylation is 3. The molecule has 0 saturated carbocycles. The molecule has 0 amide bonds. The van der Waals surface area contributed by atoms with E-state index in [-0.39, 0.29) is 98.9 Å². The quantitative estimate of drug-likeness (QED) is 0.0174. The first kappa shape index (κ1) is 90.6. The second-order valence-electron chi connectivity index (χ2n) is 26.9. The van der Waals surface area contributed by atoms with E-state index < -0.39 is 5.82 Å². The van der Waals surface area contributed by atoms with Crippen LogP contribution in [0.2, 0.25) is 5.02 Å². The smallest absolute Gasteiger partial charge is 0.222 e. The number of fused-ring (bicyclic) bond motifs is 6. The van der Waals surface area contributed by atoms with Crippen LogP contribution in [0.25, 0.3) is 66.2 Å². The summed E-state index contributed by atoms with van der Waals surface area (Å²) in [7, 11) is 1.57. The summed E-state index contributed by atoms with van der Waals surface area (Å²) in [5.74, 6) is 4.52. The van der Waals surface area contributed by atoms with Gasteiger partial charge in [-0.2, -0.15) is 29.9 Å². The van der Waals surface area contributed by atoms with Crippen LogP contribution in [0.3, 0.4) is 0 Å². The van der Waals surface area contributed by atoms with E-state index in [4.69, 9.17) is 50.7 Å². The standard InChI is InChI=1S/2C14H21N5O.C13H19N5O2.C13H19N5O.C12H16FN5O.C11H14ClN5/c2*1-3-4-5-10(8-20)17-13-12-11(18-14(15)19-13)7-6-9(2)16-12;1-3-4-8(7-19)16-12-11-10(17-13(14)18-12)5-9(20-2)6-15-11;1-3-4-9(7-19)16-12-11-10(17-13(14)18-12)6-5-8(2)15-11;1-2-3-8(6-19)16-11-10-9(17-12(14)18-11)4-7(13)5-15-10;1-2-3-4-14-10-9-8(16-11(13)17-10)5-7(12)6-15-9/h2*6-7,10,20H,3-5,8H2,1-2H3,(H3,15,17,18,19);5-6,8,19H,3-4,7H2,1-2H3,(H3,14,16,17,18);5-6,9,19H,3-4,7H2,1-2H3,(H3,14,16,17,18);4-5,8,19H,2-3,6H2,1H3,(H3,14,16,17,18);5-6H,2-4H2,1H3,(H3,13,14,16,17)/t2*10-;8-;9-;8-;/m10010./s1. The Morgan fingerprint density at radius 2 is 0.661 bits per heavy atom. The van der Waals surface area contributed by atoms with Gasteiger partial charge in [0.05, 0.1) is 115 Å². The van der Waals surface area contributed by atoms with Crippen LogP contribution in [0, 0.1) is 26.6 Å². The van der Waals surface area contributed by atoms with Crippen molar-refractivity contribution >= 4 is 148 Å². The van der Waals surface area contributed by atoms with Gasteiger partial charge in [-0.25, -0.2) is 64.2 Å². The molecule has 0 bridgehead atoms. The first-order valence-electron chi connectivity index (χ1n) is 38.4. The molecule has 0 aromatic carbocycles. The van der Waals surface area contributed by atoms with E-state index in [1.165, 1.54) is 6.07 Å². The molecule has 0 aliphatic heterocycles. The van der Waals surface area contributed by atoms with Gasteiger partial charge in [-0.1, -0.05) is 105 Å². The SMILES string of the molecule is CCCCNc1nc(N)nc2cc(Cl)cnc12.CCCC[C@@H](CO)Nc1nc(N)nc2ccc(C)nc12.CCCC[C@H](CO)Nc1nc(N)nc2ccc(C)nc12.CCC[C@@H](CO)Nc1nc(N)nc2cc(F)cnc12.CCC[C@@H](CO)Nc1nc(N)nc2cc(OC)cnc12.CCC[C@H](CO)Nc1nc(N)nc2ccc(C)nc12. The summed E-state index contributed by atoms with van der Waals surface area (Å²) in [5, 5.41) is 66.6. The molecule has 0 aliphatic carbocycles. The van der Waals surface area contributed by atoms with Gasteiger partial charge in [0.2, 0.25) is 35.7 Å². The Labute approximate surface area is 671 Å². The fourth-order valence-corrected chi connectivity index (χ4v) is 11.7. The van der Waals surface area contributed by atoms with Crippen LogP contribution in [0.1, 0.15) is 149 Å². The van der Waals surface area contributed by atoms with Gasteiger partial charge >= 0.3 is 0 Å². The van der Waals surface area contributed by atoms with Gasteiger partial charge in [0.1, 0.15) is 50.2 Å². The number of rotatable bonds is 32. The third-order valence-electron chi connectivity index (χ3n) is 17.3. The Balaban J connectivity index is 0.000000191. The fourth-order valence-electron chi connectivity index (χ4n) is 11.5. The molecule has 0 spiro atoms. The van der Waals surface area contributed by atoms with Crippen molar-refractivity contribution in [1.82, 2.24) is 89.7 Å². The molecule has 618 valence electrons. The van der Waals surface area contributed by atoms with Crippen molar-refractivity contribution in [3.63, 3.8) is 0 Å². The van der Waals surface area contributed by atoms with E-state index in [0.29, 0.717) is 112 Å². The average Bonchev–Trinajstić information content (AvgIpc) is 0.818. The first-order valence-corrected chi connectivity index (χ1v) is 38.8. The van der Waals surface area contributed by atoms with E-state index >= 15 is 0 Å². The van der Waals surface area contributed by atoms with Crippen molar-refractivity contribution in [2.24, 2.45) is 0 Å². The van der Waals surface area contributed by atoms with Crippen molar-refractivity contribution in [1.29, 1.82) is 0 Å². The summed E-state index contributed by atoms with van der Waals surface area (Å²) >= 11 is 5.87. The largest absolute Gasteiger partial charge is 0.495 e. The van der Waals surface area contributed by atoms with Gasteiger partial charge < -0.3 is 96.6 Å². The lowest BCUT2D eigenvalue weighted by molar-refractivity contribution is 0.266. The second kappa shape index (κ2) is 46.5. The molecule has 0 radical (unpaired) electrons. The van der Waals surface area contributed by atoms with Crippen LogP contribution in [0.15, 0.2) is 73.2 Å². The predicted octanol–water partition coefficient (Wildman–Crippen LogP) is 10.2. The molecule has 0 saturated heterocycles. The average molecular weight is 1610 g/mol. The molecule has 12 aromatic heterocycles. The zero-order chi connectivity index (χ0) is 83.5. The number of nitrogens with two attached hydrogens (primary N) is 6. The predicted molar refractivity (Wildman–Crippen MR) is 456 cm³/mol. The number of hydrogen-bond acceptors (Lipinski definition) is 36. The maximum Gasteiger partial charge on any atom is 0.222 e. The molecular formula is C77H110ClFN30O6. The highest BCUT2D eigenvalue weighted by molar-refractivity contribution is 6.31.